The Morgan fingerprint density at radius 2 is 1.67 bits per heavy atom. The molecule has 2 nitrogen and oxygen atoms in total. The summed E-state index contributed by atoms with van der Waals surface area (Å²) in [7, 11) is 0. The van der Waals surface area contributed by atoms with Gasteiger partial charge in [-0.15, -0.1) is 0 Å². The largest absolute Gasteiger partial charge is 0.326 e. The van der Waals surface area contributed by atoms with E-state index < -0.39 is 0 Å². The summed E-state index contributed by atoms with van der Waals surface area (Å²) in [5.74, 6) is -0.0395. The highest BCUT2D eigenvalue weighted by molar-refractivity contribution is 6.42. The zero-order valence-corrected chi connectivity index (χ0v) is 13.5. The van der Waals surface area contributed by atoms with Gasteiger partial charge in [-0.05, 0) is 48.7 Å². The van der Waals surface area contributed by atoms with Crippen molar-refractivity contribution in [3.8, 4) is 0 Å². The van der Waals surface area contributed by atoms with E-state index in [1.165, 1.54) is 5.56 Å². The fourth-order valence-electron chi connectivity index (χ4n) is 1.90. The maximum absolute atomic E-state index is 11.8. The van der Waals surface area contributed by atoms with Gasteiger partial charge in [-0.3, -0.25) is 4.79 Å². The second kappa shape index (κ2) is 7.69. The highest BCUT2D eigenvalue weighted by Gasteiger charge is 2.05. The van der Waals surface area contributed by atoms with Gasteiger partial charge in [0, 0.05) is 17.1 Å². The van der Waals surface area contributed by atoms with Gasteiger partial charge in [-0.2, -0.15) is 0 Å². The molecule has 0 aliphatic rings. The van der Waals surface area contributed by atoms with Gasteiger partial charge >= 0.3 is 0 Å². The fraction of sp³-hybridized carbons (Fsp3) is 0.188. The van der Waals surface area contributed by atoms with E-state index in [1.54, 1.807) is 18.2 Å². The number of anilines is 1. The molecular formula is C16H14Cl3NO. The minimum atomic E-state index is -0.0395. The molecule has 0 aliphatic carbocycles. The van der Waals surface area contributed by atoms with Crippen LogP contribution in [0.5, 0.6) is 0 Å². The number of hydrogen-bond donors (Lipinski definition) is 1. The normalized spacial score (nSPS) is 10.4. The summed E-state index contributed by atoms with van der Waals surface area (Å²) in [4.78, 5) is 11.8. The SMILES string of the molecule is O=C(CCCc1ccc(Cl)cc1)Nc1ccc(Cl)c(Cl)c1. The Kier molecular flexibility index (Phi) is 5.92. The van der Waals surface area contributed by atoms with Crippen LogP contribution in [0.1, 0.15) is 18.4 Å². The summed E-state index contributed by atoms with van der Waals surface area (Å²) in [5, 5.41) is 4.42. The molecule has 0 fully saturated rings. The van der Waals surface area contributed by atoms with Gasteiger partial charge in [0.1, 0.15) is 0 Å². The number of rotatable bonds is 5. The van der Waals surface area contributed by atoms with E-state index in [0.717, 1.165) is 17.9 Å². The van der Waals surface area contributed by atoms with E-state index in [0.29, 0.717) is 22.2 Å². The Balaban J connectivity index is 1.79. The monoisotopic (exact) mass is 341 g/mol. The molecule has 2 aromatic carbocycles. The van der Waals surface area contributed by atoms with E-state index >= 15 is 0 Å². The third kappa shape index (κ3) is 5.24. The number of hydrogen-bond acceptors (Lipinski definition) is 1. The molecule has 110 valence electrons. The predicted molar refractivity (Wildman–Crippen MR) is 89.5 cm³/mol. The van der Waals surface area contributed by atoms with Crippen LogP contribution in [-0.2, 0) is 11.2 Å². The third-order valence-corrected chi connectivity index (χ3v) is 3.98. The maximum atomic E-state index is 11.8. The van der Waals surface area contributed by atoms with Crippen LogP contribution >= 0.6 is 34.8 Å². The second-order valence-electron chi connectivity index (χ2n) is 4.66. The average Bonchev–Trinajstić information content (AvgIpc) is 2.45. The van der Waals surface area contributed by atoms with Crippen LogP contribution in [0.2, 0.25) is 15.1 Å². The van der Waals surface area contributed by atoms with Gasteiger partial charge in [-0.1, -0.05) is 46.9 Å². The zero-order chi connectivity index (χ0) is 15.2. The molecule has 2 aromatic rings. The van der Waals surface area contributed by atoms with Gasteiger partial charge in [0.25, 0.3) is 0 Å². The molecule has 2 rings (SSSR count). The molecule has 0 atom stereocenters. The molecule has 0 aromatic heterocycles. The van der Waals surface area contributed by atoms with Gasteiger partial charge in [0.2, 0.25) is 5.91 Å². The van der Waals surface area contributed by atoms with Gasteiger partial charge in [0.15, 0.2) is 0 Å². The number of amides is 1. The van der Waals surface area contributed by atoms with E-state index in [1.807, 2.05) is 24.3 Å². The van der Waals surface area contributed by atoms with E-state index in [2.05, 4.69) is 5.32 Å². The van der Waals surface area contributed by atoms with Crippen LogP contribution in [0.15, 0.2) is 42.5 Å². The first-order valence-electron chi connectivity index (χ1n) is 6.54. The lowest BCUT2D eigenvalue weighted by Crippen LogP contribution is -2.11. The average molecular weight is 343 g/mol. The molecule has 0 heterocycles. The first-order chi connectivity index (χ1) is 10.0. The minimum Gasteiger partial charge on any atom is -0.326 e. The molecule has 1 amide bonds. The van der Waals surface area contributed by atoms with Crippen molar-refractivity contribution < 1.29 is 4.79 Å². The lowest BCUT2D eigenvalue weighted by molar-refractivity contribution is -0.116. The molecule has 0 saturated carbocycles. The maximum Gasteiger partial charge on any atom is 0.224 e. The number of halogens is 3. The van der Waals surface area contributed by atoms with Crippen molar-refractivity contribution >= 4 is 46.4 Å². The second-order valence-corrected chi connectivity index (χ2v) is 5.91. The van der Waals surface area contributed by atoms with Crippen molar-refractivity contribution in [2.45, 2.75) is 19.3 Å². The molecule has 0 spiro atoms. The standard InChI is InChI=1S/C16H14Cl3NO/c17-12-6-4-11(5-7-12)2-1-3-16(21)20-13-8-9-14(18)15(19)10-13/h4-10H,1-3H2,(H,20,21). The van der Waals surface area contributed by atoms with Crippen molar-refractivity contribution in [1.82, 2.24) is 0 Å². The number of benzene rings is 2. The summed E-state index contributed by atoms with van der Waals surface area (Å²) >= 11 is 17.6. The highest BCUT2D eigenvalue weighted by atomic mass is 35.5. The first-order valence-corrected chi connectivity index (χ1v) is 7.67. The topological polar surface area (TPSA) is 29.1 Å². The van der Waals surface area contributed by atoms with E-state index in [-0.39, 0.29) is 5.91 Å². The fourth-order valence-corrected chi connectivity index (χ4v) is 2.33. The van der Waals surface area contributed by atoms with Crippen molar-refractivity contribution in [3.63, 3.8) is 0 Å². The molecular weight excluding hydrogens is 329 g/mol. The van der Waals surface area contributed by atoms with Gasteiger partial charge < -0.3 is 5.32 Å². The molecule has 0 saturated heterocycles. The molecule has 0 aliphatic heterocycles. The quantitative estimate of drug-likeness (QED) is 0.752. The Morgan fingerprint density at radius 3 is 2.33 bits per heavy atom. The molecule has 0 unspecified atom stereocenters. The van der Waals surface area contributed by atoms with Crippen LogP contribution in [0.3, 0.4) is 0 Å². The molecule has 1 N–H and O–H groups in total. The third-order valence-electron chi connectivity index (χ3n) is 2.99. The highest BCUT2D eigenvalue weighted by Crippen LogP contribution is 2.25. The molecule has 5 heteroatoms. The van der Waals surface area contributed by atoms with Crippen LogP contribution in [0, 0.1) is 0 Å². The lowest BCUT2D eigenvalue weighted by Gasteiger charge is -2.06. The Morgan fingerprint density at radius 1 is 0.952 bits per heavy atom. The smallest absolute Gasteiger partial charge is 0.224 e. The minimum absolute atomic E-state index is 0.0395. The Labute approximate surface area is 139 Å². The van der Waals surface area contributed by atoms with Crippen molar-refractivity contribution in [3.05, 3.63) is 63.1 Å². The number of carbonyl (C=O) groups is 1. The zero-order valence-electron chi connectivity index (χ0n) is 11.2. The number of nitrogens with one attached hydrogen (secondary N) is 1. The predicted octanol–water partition coefficient (Wildman–Crippen LogP) is 5.61. The lowest BCUT2D eigenvalue weighted by atomic mass is 10.1. The summed E-state index contributed by atoms with van der Waals surface area (Å²) in [5.41, 5.74) is 1.82. The molecule has 21 heavy (non-hydrogen) atoms. The van der Waals surface area contributed by atoms with Gasteiger partial charge in [-0.25, -0.2) is 0 Å². The number of carbonyl (C=O) groups excluding carboxylic acids is 1. The summed E-state index contributed by atoms with van der Waals surface area (Å²) in [6, 6.07) is 12.7. The Bertz CT molecular complexity index is 626. The van der Waals surface area contributed by atoms with Gasteiger partial charge in [0.05, 0.1) is 10.0 Å². The van der Waals surface area contributed by atoms with E-state index in [4.69, 9.17) is 34.8 Å². The summed E-state index contributed by atoms with van der Waals surface area (Å²) < 4.78 is 0. The van der Waals surface area contributed by atoms with Crippen LogP contribution in [0.4, 0.5) is 5.69 Å². The van der Waals surface area contributed by atoms with Crippen molar-refractivity contribution in [2.24, 2.45) is 0 Å². The first kappa shape index (κ1) is 16.2. The molecule has 0 radical (unpaired) electrons. The summed E-state index contributed by atoms with van der Waals surface area (Å²) in [6.07, 6.45) is 2.06. The molecule has 0 bridgehead atoms. The van der Waals surface area contributed by atoms with E-state index in [9.17, 15) is 4.79 Å². The van der Waals surface area contributed by atoms with Crippen LogP contribution in [0.25, 0.3) is 0 Å². The summed E-state index contributed by atoms with van der Waals surface area (Å²) in [6.45, 7) is 0. The Hall–Kier alpha value is -1.22. The number of aryl methyl sites for hydroxylation is 1. The van der Waals surface area contributed by atoms with Crippen molar-refractivity contribution in [1.29, 1.82) is 0 Å². The van der Waals surface area contributed by atoms with Crippen LogP contribution < -0.4 is 5.32 Å². The van der Waals surface area contributed by atoms with Crippen LogP contribution in [-0.4, -0.2) is 5.91 Å². The van der Waals surface area contributed by atoms with Crippen molar-refractivity contribution in [2.75, 3.05) is 5.32 Å².